The number of carbonyl (C=O) groups excluding carboxylic acids is 2. The first-order valence-corrected chi connectivity index (χ1v) is 8.08. The monoisotopic (exact) mass is 333 g/mol. The minimum absolute atomic E-state index is 0.0242. The molecular weight excluding hydrogens is 314 g/mol. The second kappa shape index (κ2) is 7.13. The predicted molar refractivity (Wildman–Crippen MR) is 98.2 cm³/mol. The van der Waals surface area contributed by atoms with E-state index >= 15 is 0 Å². The Kier molecular flexibility index (Phi) is 4.75. The maximum Gasteiger partial charge on any atom is 0.248 e. The Bertz CT molecular complexity index is 953. The fraction of sp³-hybridized carbons (Fsp3) is 0.150. The molecule has 5 nitrogen and oxygen atoms in total. The molecule has 126 valence electrons. The van der Waals surface area contributed by atoms with Gasteiger partial charge in [0.1, 0.15) is 5.82 Å². The highest BCUT2D eigenvalue weighted by Crippen LogP contribution is 2.16. The summed E-state index contributed by atoms with van der Waals surface area (Å²) in [6.07, 6.45) is 4.23. The number of allylic oxidation sites excluding steroid dienone is 1. The zero-order valence-corrected chi connectivity index (χ0v) is 14.0. The maximum absolute atomic E-state index is 12.0. The molecule has 25 heavy (non-hydrogen) atoms. The van der Waals surface area contributed by atoms with Gasteiger partial charge in [-0.05, 0) is 42.3 Å². The molecule has 3 aromatic rings. The molecular formula is C20H19N3O2. The summed E-state index contributed by atoms with van der Waals surface area (Å²) in [4.78, 5) is 30.9. The zero-order chi connectivity index (χ0) is 17.8. The van der Waals surface area contributed by atoms with Gasteiger partial charge in [0.25, 0.3) is 0 Å². The molecule has 0 fully saturated rings. The second-order valence-corrected chi connectivity index (χ2v) is 5.94. The van der Waals surface area contributed by atoms with E-state index in [9.17, 15) is 9.59 Å². The molecule has 5 heteroatoms. The number of amides is 1. The first-order valence-electron chi connectivity index (χ1n) is 8.08. The van der Waals surface area contributed by atoms with Crippen LogP contribution in [0.25, 0.3) is 17.1 Å². The SMILES string of the molecule is Cc1cccc2[nH]c(CCC(=O)C=Cc3ccc(C(N)=O)cc3)nc12. The number of carbonyl (C=O) groups is 2. The van der Waals surface area contributed by atoms with Crippen molar-refractivity contribution in [3.8, 4) is 0 Å². The van der Waals surface area contributed by atoms with Gasteiger partial charge in [0.15, 0.2) is 5.78 Å². The minimum atomic E-state index is -0.465. The second-order valence-electron chi connectivity index (χ2n) is 5.94. The van der Waals surface area contributed by atoms with Gasteiger partial charge in [-0.2, -0.15) is 0 Å². The molecule has 0 saturated carbocycles. The van der Waals surface area contributed by atoms with Crippen LogP contribution in [0.3, 0.4) is 0 Å². The quantitative estimate of drug-likeness (QED) is 0.679. The van der Waals surface area contributed by atoms with Crippen LogP contribution in [0.1, 0.15) is 33.7 Å². The lowest BCUT2D eigenvalue weighted by atomic mass is 10.1. The fourth-order valence-electron chi connectivity index (χ4n) is 2.62. The molecule has 0 bridgehead atoms. The summed E-state index contributed by atoms with van der Waals surface area (Å²) in [6.45, 7) is 2.02. The molecule has 1 aromatic heterocycles. The number of fused-ring (bicyclic) bond motifs is 1. The van der Waals surface area contributed by atoms with Crippen LogP contribution in [0.15, 0.2) is 48.5 Å². The van der Waals surface area contributed by atoms with Gasteiger partial charge in [0.2, 0.25) is 5.91 Å². The number of benzene rings is 2. The maximum atomic E-state index is 12.0. The molecule has 1 heterocycles. The third-order valence-electron chi connectivity index (χ3n) is 4.03. The van der Waals surface area contributed by atoms with E-state index in [1.165, 1.54) is 0 Å². The summed E-state index contributed by atoms with van der Waals surface area (Å²) < 4.78 is 0. The molecule has 0 saturated heterocycles. The lowest BCUT2D eigenvalue weighted by Crippen LogP contribution is -2.10. The molecule has 0 unspecified atom stereocenters. The Balaban J connectivity index is 1.60. The number of ketones is 1. The van der Waals surface area contributed by atoms with Gasteiger partial charge in [-0.1, -0.05) is 30.3 Å². The van der Waals surface area contributed by atoms with Gasteiger partial charge in [-0.25, -0.2) is 4.98 Å². The van der Waals surface area contributed by atoms with E-state index in [-0.39, 0.29) is 5.78 Å². The van der Waals surface area contributed by atoms with Crippen molar-refractivity contribution >= 4 is 28.8 Å². The summed E-state index contributed by atoms with van der Waals surface area (Å²) >= 11 is 0. The summed E-state index contributed by atoms with van der Waals surface area (Å²) in [6, 6.07) is 12.8. The number of rotatable bonds is 6. The number of H-pyrrole nitrogens is 1. The molecule has 2 aromatic carbocycles. The van der Waals surface area contributed by atoms with Crippen LogP contribution in [0.5, 0.6) is 0 Å². The lowest BCUT2D eigenvalue weighted by Gasteiger charge is -1.97. The van der Waals surface area contributed by atoms with E-state index in [4.69, 9.17) is 5.73 Å². The highest BCUT2D eigenvalue weighted by Gasteiger charge is 2.06. The van der Waals surface area contributed by atoms with Gasteiger partial charge >= 0.3 is 0 Å². The van der Waals surface area contributed by atoms with Crippen LogP contribution in [-0.2, 0) is 11.2 Å². The van der Waals surface area contributed by atoms with Gasteiger partial charge in [0, 0.05) is 18.4 Å². The van der Waals surface area contributed by atoms with Crippen molar-refractivity contribution in [2.24, 2.45) is 5.73 Å². The number of aromatic amines is 1. The van der Waals surface area contributed by atoms with Crippen LogP contribution in [-0.4, -0.2) is 21.7 Å². The molecule has 0 aliphatic heterocycles. The van der Waals surface area contributed by atoms with Crippen molar-refractivity contribution < 1.29 is 9.59 Å². The first kappa shape index (κ1) is 16.6. The summed E-state index contributed by atoms with van der Waals surface area (Å²) in [5, 5.41) is 0. The third-order valence-corrected chi connectivity index (χ3v) is 4.03. The molecule has 3 N–H and O–H groups in total. The zero-order valence-electron chi connectivity index (χ0n) is 14.0. The first-order chi connectivity index (χ1) is 12.0. The van der Waals surface area contributed by atoms with E-state index in [1.807, 2.05) is 25.1 Å². The van der Waals surface area contributed by atoms with Gasteiger partial charge in [-0.3, -0.25) is 9.59 Å². The molecule has 3 rings (SSSR count). The average molecular weight is 333 g/mol. The number of para-hydroxylation sites is 1. The van der Waals surface area contributed by atoms with Crippen molar-refractivity contribution in [1.29, 1.82) is 0 Å². The van der Waals surface area contributed by atoms with Crippen LogP contribution in [0.2, 0.25) is 0 Å². The number of primary amides is 1. The lowest BCUT2D eigenvalue weighted by molar-refractivity contribution is -0.114. The van der Waals surface area contributed by atoms with Crippen molar-refractivity contribution in [3.63, 3.8) is 0 Å². The number of aryl methyl sites for hydroxylation is 2. The highest BCUT2D eigenvalue weighted by atomic mass is 16.1. The average Bonchev–Trinajstić information content (AvgIpc) is 3.03. The minimum Gasteiger partial charge on any atom is -0.366 e. The highest BCUT2D eigenvalue weighted by molar-refractivity contribution is 5.94. The van der Waals surface area contributed by atoms with Crippen LogP contribution >= 0.6 is 0 Å². The molecule has 0 aliphatic carbocycles. The Morgan fingerprint density at radius 1 is 1.16 bits per heavy atom. The van der Waals surface area contributed by atoms with Crippen molar-refractivity contribution in [3.05, 3.63) is 71.1 Å². The largest absolute Gasteiger partial charge is 0.366 e. The topological polar surface area (TPSA) is 88.8 Å². The third kappa shape index (κ3) is 4.01. The number of nitrogens with zero attached hydrogens (tertiary/aromatic N) is 1. The van der Waals surface area contributed by atoms with Crippen LogP contribution in [0.4, 0.5) is 0 Å². The standard InChI is InChI=1S/C20H19N3O2/c1-13-3-2-4-17-19(13)23-18(22-17)12-11-16(24)10-7-14-5-8-15(9-6-14)20(21)25/h2-10H,11-12H2,1H3,(H2,21,25)(H,22,23). The smallest absolute Gasteiger partial charge is 0.248 e. The van der Waals surface area contributed by atoms with E-state index in [0.717, 1.165) is 28.0 Å². The van der Waals surface area contributed by atoms with E-state index in [2.05, 4.69) is 9.97 Å². The fourth-order valence-corrected chi connectivity index (χ4v) is 2.62. The number of nitrogens with one attached hydrogen (secondary N) is 1. The normalized spacial score (nSPS) is 11.2. The van der Waals surface area contributed by atoms with E-state index in [1.54, 1.807) is 36.4 Å². The predicted octanol–water partition coefficient (Wildman–Crippen LogP) is 3.19. The number of imidazole rings is 1. The number of nitrogens with two attached hydrogens (primary N) is 1. The van der Waals surface area contributed by atoms with Crippen LogP contribution in [0, 0.1) is 6.92 Å². The summed E-state index contributed by atoms with van der Waals surface area (Å²) in [5.41, 5.74) is 9.55. The molecule has 0 aliphatic rings. The molecule has 0 atom stereocenters. The molecule has 0 radical (unpaired) electrons. The molecule has 1 amide bonds. The van der Waals surface area contributed by atoms with Gasteiger partial charge in [-0.15, -0.1) is 0 Å². The van der Waals surface area contributed by atoms with Crippen LogP contribution < -0.4 is 5.73 Å². The summed E-state index contributed by atoms with van der Waals surface area (Å²) in [5.74, 6) is 0.376. The Labute approximate surface area is 145 Å². The van der Waals surface area contributed by atoms with Crippen molar-refractivity contribution in [1.82, 2.24) is 9.97 Å². The van der Waals surface area contributed by atoms with Gasteiger partial charge in [0.05, 0.1) is 11.0 Å². The number of hydrogen-bond donors (Lipinski definition) is 2. The number of hydrogen-bond acceptors (Lipinski definition) is 3. The van der Waals surface area contributed by atoms with Crippen molar-refractivity contribution in [2.75, 3.05) is 0 Å². The Morgan fingerprint density at radius 3 is 2.60 bits per heavy atom. The van der Waals surface area contributed by atoms with E-state index < -0.39 is 5.91 Å². The van der Waals surface area contributed by atoms with Gasteiger partial charge < -0.3 is 10.7 Å². The van der Waals surface area contributed by atoms with E-state index in [0.29, 0.717) is 18.4 Å². The molecule has 0 spiro atoms. The summed E-state index contributed by atoms with van der Waals surface area (Å²) in [7, 11) is 0. The number of aromatic nitrogens is 2. The Hall–Kier alpha value is -3.21. The Morgan fingerprint density at radius 2 is 1.92 bits per heavy atom. The van der Waals surface area contributed by atoms with Crippen molar-refractivity contribution in [2.45, 2.75) is 19.8 Å².